The first-order chi connectivity index (χ1) is 14.2. The molecular weight excluding hydrogens is 424 g/mol. The van der Waals surface area contributed by atoms with Gasteiger partial charge in [0.05, 0.1) is 12.1 Å². The molecule has 2 aromatic carbocycles. The summed E-state index contributed by atoms with van der Waals surface area (Å²) >= 11 is 5.91. The standard InChI is InChI=1S/C20H13ClF4N4O/c21-13-2-5-17-12(7-13)1-6-18(28-17)20(24,25)19(30,9-29-11-26-10-27-29)15-4-3-14(22)8-16(15)23/h1-8,10-11,30H,9H2. The van der Waals surface area contributed by atoms with Crippen LogP contribution < -0.4 is 0 Å². The first kappa shape index (κ1) is 20.2. The normalized spacial score (nSPS) is 14.1. The molecule has 0 saturated carbocycles. The highest BCUT2D eigenvalue weighted by atomic mass is 35.5. The van der Waals surface area contributed by atoms with Crippen molar-refractivity contribution in [1.29, 1.82) is 0 Å². The van der Waals surface area contributed by atoms with Gasteiger partial charge in [0.15, 0.2) is 5.60 Å². The summed E-state index contributed by atoms with van der Waals surface area (Å²) in [5, 5.41) is 15.8. The molecule has 1 N–H and O–H groups in total. The highest BCUT2D eigenvalue weighted by molar-refractivity contribution is 6.31. The van der Waals surface area contributed by atoms with E-state index in [1.54, 1.807) is 6.07 Å². The Morgan fingerprint density at radius 2 is 1.83 bits per heavy atom. The number of halogens is 5. The molecule has 2 aromatic heterocycles. The molecule has 0 aliphatic heterocycles. The second-order valence-corrected chi connectivity index (χ2v) is 7.12. The molecule has 30 heavy (non-hydrogen) atoms. The molecule has 154 valence electrons. The number of aliphatic hydroxyl groups is 1. The van der Waals surface area contributed by atoms with Gasteiger partial charge in [0, 0.05) is 22.0 Å². The summed E-state index contributed by atoms with van der Waals surface area (Å²) in [6, 6.07) is 8.86. The van der Waals surface area contributed by atoms with Crippen molar-refractivity contribution < 1.29 is 22.7 Å². The van der Waals surface area contributed by atoms with Gasteiger partial charge in [-0.05, 0) is 36.4 Å². The molecule has 0 aliphatic rings. The van der Waals surface area contributed by atoms with E-state index in [0.717, 1.165) is 35.5 Å². The summed E-state index contributed by atoms with van der Waals surface area (Å²) in [4.78, 5) is 7.60. The Balaban J connectivity index is 1.89. The summed E-state index contributed by atoms with van der Waals surface area (Å²) in [5.74, 6) is -6.39. The van der Waals surface area contributed by atoms with Gasteiger partial charge in [-0.2, -0.15) is 13.9 Å². The quantitative estimate of drug-likeness (QED) is 0.470. The summed E-state index contributed by atoms with van der Waals surface area (Å²) in [5.41, 5.74) is -4.55. The van der Waals surface area contributed by atoms with Crippen LogP contribution in [0.5, 0.6) is 0 Å². The molecule has 2 heterocycles. The average molecular weight is 437 g/mol. The molecule has 0 spiro atoms. The minimum absolute atomic E-state index is 0.208. The maximum Gasteiger partial charge on any atom is 0.323 e. The molecule has 1 unspecified atom stereocenters. The number of hydrogen-bond donors (Lipinski definition) is 1. The third-order valence-electron chi connectivity index (χ3n) is 4.73. The van der Waals surface area contributed by atoms with Gasteiger partial charge in [0.2, 0.25) is 0 Å². The van der Waals surface area contributed by atoms with Crippen molar-refractivity contribution in [1.82, 2.24) is 19.7 Å². The minimum Gasteiger partial charge on any atom is -0.377 e. The van der Waals surface area contributed by atoms with Crippen LogP contribution in [-0.4, -0.2) is 24.9 Å². The van der Waals surface area contributed by atoms with E-state index in [9.17, 15) is 13.9 Å². The lowest BCUT2D eigenvalue weighted by Gasteiger charge is -2.36. The number of nitrogens with zero attached hydrogens (tertiary/aromatic N) is 4. The molecule has 10 heteroatoms. The van der Waals surface area contributed by atoms with E-state index in [-0.39, 0.29) is 5.52 Å². The Bertz CT molecular complexity index is 1220. The summed E-state index contributed by atoms with van der Waals surface area (Å²) in [6.07, 6.45) is 2.18. The van der Waals surface area contributed by atoms with Crippen LogP contribution in [0.4, 0.5) is 17.6 Å². The third-order valence-corrected chi connectivity index (χ3v) is 4.96. The van der Waals surface area contributed by atoms with Crippen LogP contribution in [0, 0.1) is 11.6 Å². The Labute approximate surface area is 172 Å². The lowest BCUT2D eigenvalue weighted by atomic mass is 9.84. The van der Waals surface area contributed by atoms with E-state index in [4.69, 9.17) is 11.6 Å². The number of hydrogen-bond acceptors (Lipinski definition) is 4. The summed E-state index contributed by atoms with van der Waals surface area (Å²) in [6.45, 7) is -0.858. The topological polar surface area (TPSA) is 63.8 Å². The lowest BCUT2D eigenvalue weighted by Crippen LogP contribution is -2.48. The Hall–Kier alpha value is -3.04. The van der Waals surface area contributed by atoms with Crippen LogP contribution >= 0.6 is 11.6 Å². The van der Waals surface area contributed by atoms with Crippen molar-refractivity contribution in [3.8, 4) is 0 Å². The van der Waals surface area contributed by atoms with Crippen LogP contribution in [-0.2, 0) is 18.1 Å². The molecule has 5 nitrogen and oxygen atoms in total. The number of rotatable bonds is 5. The van der Waals surface area contributed by atoms with Gasteiger partial charge in [0.1, 0.15) is 30.0 Å². The van der Waals surface area contributed by atoms with Gasteiger partial charge in [0.25, 0.3) is 0 Å². The molecule has 0 amide bonds. The fourth-order valence-corrected chi connectivity index (χ4v) is 3.39. The minimum atomic E-state index is -4.09. The van der Waals surface area contributed by atoms with E-state index in [0.29, 0.717) is 16.5 Å². The molecule has 4 rings (SSSR count). The first-order valence-electron chi connectivity index (χ1n) is 8.66. The van der Waals surface area contributed by atoms with Gasteiger partial charge < -0.3 is 5.11 Å². The Kier molecular flexibility index (Phi) is 4.95. The highest BCUT2D eigenvalue weighted by Crippen LogP contribution is 2.47. The predicted molar refractivity (Wildman–Crippen MR) is 101 cm³/mol. The zero-order valence-electron chi connectivity index (χ0n) is 15.1. The molecule has 0 radical (unpaired) electrons. The van der Waals surface area contributed by atoms with E-state index in [1.165, 1.54) is 18.2 Å². The number of alkyl halides is 2. The summed E-state index contributed by atoms with van der Waals surface area (Å²) < 4.78 is 60.2. The van der Waals surface area contributed by atoms with Crippen LogP contribution in [0.3, 0.4) is 0 Å². The highest BCUT2D eigenvalue weighted by Gasteiger charge is 2.57. The van der Waals surface area contributed by atoms with Crippen molar-refractivity contribution >= 4 is 22.5 Å². The Morgan fingerprint density at radius 3 is 2.53 bits per heavy atom. The van der Waals surface area contributed by atoms with Crippen molar-refractivity contribution in [3.05, 3.63) is 89.1 Å². The number of benzene rings is 2. The smallest absolute Gasteiger partial charge is 0.323 e. The largest absolute Gasteiger partial charge is 0.377 e. The van der Waals surface area contributed by atoms with Crippen LogP contribution in [0.25, 0.3) is 10.9 Å². The van der Waals surface area contributed by atoms with Crippen LogP contribution in [0.15, 0.2) is 61.2 Å². The second kappa shape index (κ2) is 7.33. The third kappa shape index (κ3) is 3.40. The molecule has 4 aromatic rings. The average Bonchev–Trinajstić information content (AvgIpc) is 3.20. The second-order valence-electron chi connectivity index (χ2n) is 6.69. The monoisotopic (exact) mass is 436 g/mol. The first-order valence-corrected chi connectivity index (χ1v) is 9.03. The zero-order valence-corrected chi connectivity index (χ0v) is 15.9. The van der Waals surface area contributed by atoms with E-state index < -0.39 is 41.0 Å². The van der Waals surface area contributed by atoms with Crippen LogP contribution in [0.1, 0.15) is 11.3 Å². The molecular formula is C20H13ClF4N4O. The van der Waals surface area contributed by atoms with Gasteiger partial charge in [-0.1, -0.05) is 17.7 Å². The van der Waals surface area contributed by atoms with Crippen molar-refractivity contribution in [2.75, 3.05) is 0 Å². The molecule has 1 atom stereocenters. The van der Waals surface area contributed by atoms with E-state index in [2.05, 4.69) is 15.1 Å². The van der Waals surface area contributed by atoms with Gasteiger partial charge in [-0.25, -0.2) is 23.4 Å². The van der Waals surface area contributed by atoms with Gasteiger partial charge in [-0.15, -0.1) is 0 Å². The molecule has 0 bridgehead atoms. The van der Waals surface area contributed by atoms with Crippen molar-refractivity contribution in [2.24, 2.45) is 0 Å². The zero-order chi connectivity index (χ0) is 21.5. The number of aromatic nitrogens is 4. The van der Waals surface area contributed by atoms with E-state index in [1.807, 2.05) is 0 Å². The van der Waals surface area contributed by atoms with Crippen LogP contribution in [0.2, 0.25) is 5.02 Å². The predicted octanol–water partition coefficient (Wildman–Crippen LogP) is 4.44. The fraction of sp³-hybridized carbons (Fsp3) is 0.150. The Morgan fingerprint density at radius 1 is 1.03 bits per heavy atom. The fourth-order valence-electron chi connectivity index (χ4n) is 3.21. The van der Waals surface area contributed by atoms with Gasteiger partial charge >= 0.3 is 5.92 Å². The maximum atomic E-state index is 15.7. The van der Waals surface area contributed by atoms with Crippen molar-refractivity contribution in [3.63, 3.8) is 0 Å². The SMILES string of the molecule is OC(Cn1cncn1)(c1ccc(F)cc1F)C(F)(F)c1ccc2cc(Cl)ccc2n1. The van der Waals surface area contributed by atoms with Gasteiger partial charge in [-0.3, -0.25) is 0 Å². The lowest BCUT2D eigenvalue weighted by molar-refractivity contribution is -0.207. The molecule has 0 fully saturated rings. The van der Waals surface area contributed by atoms with E-state index >= 15 is 8.78 Å². The summed E-state index contributed by atoms with van der Waals surface area (Å²) in [7, 11) is 0. The maximum absolute atomic E-state index is 15.7. The molecule has 0 aliphatic carbocycles. The molecule has 0 saturated heterocycles. The number of pyridine rings is 1. The number of fused-ring (bicyclic) bond motifs is 1. The van der Waals surface area contributed by atoms with Crippen molar-refractivity contribution in [2.45, 2.75) is 18.1 Å².